The Morgan fingerprint density at radius 2 is 1.71 bits per heavy atom. The SMILES string of the molecule is COc1cc2c(cc1OC)CN(C(=O)CSc1nccn1-c1cc(C)cc(C)c1)CC2. The third kappa shape index (κ3) is 4.56. The molecule has 1 amide bonds. The fourth-order valence-electron chi connectivity index (χ4n) is 4.00. The van der Waals surface area contributed by atoms with Crippen molar-refractivity contribution >= 4 is 17.7 Å². The molecule has 0 aliphatic carbocycles. The van der Waals surface area contributed by atoms with Crippen LogP contribution in [0.5, 0.6) is 11.5 Å². The molecule has 0 N–H and O–H groups in total. The van der Waals surface area contributed by atoms with Gasteiger partial charge in [0.15, 0.2) is 16.7 Å². The van der Waals surface area contributed by atoms with E-state index in [0.29, 0.717) is 24.6 Å². The van der Waals surface area contributed by atoms with Crippen LogP contribution in [0.3, 0.4) is 0 Å². The van der Waals surface area contributed by atoms with Crippen LogP contribution in [0, 0.1) is 13.8 Å². The Morgan fingerprint density at radius 1 is 1.03 bits per heavy atom. The first kappa shape index (κ1) is 21.3. The van der Waals surface area contributed by atoms with Gasteiger partial charge in [-0.25, -0.2) is 4.98 Å². The number of amides is 1. The number of imidazole rings is 1. The first-order chi connectivity index (χ1) is 15.0. The summed E-state index contributed by atoms with van der Waals surface area (Å²) in [6.45, 7) is 5.46. The van der Waals surface area contributed by atoms with Crippen LogP contribution in [0.2, 0.25) is 0 Å². The van der Waals surface area contributed by atoms with E-state index < -0.39 is 0 Å². The third-order valence-corrected chi connectivity index (χ3v) is 6.44. The average molecular weight is 438 g/mol. The molecule has 0 atom stereocenters. The van der Waals surface area contributed by atoms with Gasteiger partial charge in [0.2, 0.25) is 5.91 Å². The van der Waals surface area contributed by atoms with Gasteiger partial charge in [-0.3, -0.25) is 9.36 Å². The van der Waals surface area contributed by atoms with Gasteiger partial charge in [0, 0.05) is 31.2 Å². The number of aromatic nitrogens is 2. The summed E-state index contributed by atoms with van der Waals surface area (Å²) in [5, 5.41) is 0.821. The summed E-state index contributed by atoms with van der Waals surface area (Å²) < 4.78 is 12.9. The predicted octanol–water partition coefficient (Wildman–Crippen LogP) is 4.18. The highest BCUT2D eigenvalue weighted by Crippen LogP contribution is 2.33. The summed E-state index contributed by atoms with van der Waals surface area (Å²) >= 11 is 1.47. The molecule has 4 rings (SSSR count). The van der Waals surface area contributed by atoms with E-state index in [1.807, 2.05) is 27.8 Å². The summed E-state index contributed by atoms with van der Waals surface area (Å²) in [4.78, 5) is 19.3. The lowest BCUT2D eigenvalue weighted by molar-refractivity contribution is -0.129. The van der Waals surface area contributed by atoms with Crippen LogP contribution in [-0.4, -0.2) is 46.9 Å². The van der Waals surface area contributed by atoms with Crippen molar-refractivity contribution in [3.8, 4) is 17.2 Å². The average Bonchev–Trinajstić information content (AvgIpc) is 3.24. The number of thioether (sulfide) groups is 1. The van der Waals surface area contributed by atoms with Crippen molar-refractivity contribution in [3.05, 3.63) is 65.0 Å². The summed E-state index contributed by atoms with van der Waals surface area (Å²) in [7, 11) is 3.27. The van der Waals surface area contributed by atoms with E-state index in [9.17, 15) is 4.79 Å². The van der Waals surface area contributed by atoms with Crippen molar-refractivity contribution < 1.29 is 14.3 Å². The lowest BCUT2D eigenvalue weighted by Crippen LogP contribution is -2.37. The molecule has 0 bridgehead atoms. The normalized spacial score (nSPS) is 13.1. The topological polar surface area (TPSA) is 56.6 Å². The minimum atomic E-state index is 0.111. The molecule has 1 aromatic heterocycles. The molecule has 0 unspecified atom stereocenters. The van der Waals surface area contributed by atoms with Gasteiger partial charge < -0.3 is 14.4 Å². The highest BCUT2D eigenvalue weighted by atomic mass is 32.2. The number of ether oxygens (including phenoxy) is 2. The van der Waals surface area contributed by atoms with Gasteiger partial charge in [-0.15, -0.1) is 0 Å². The molecule has 0 radical (unpaired) electrons. The van der Waals surface area contributed by atoms with E-state index >= 15 is 0 Å². The fourth-order valence-corrected chi connectivity index (χ4v) is 4.87. The number of hydrogen-bond acceptors (Lipinski definition) is 5. The zero-order valence-corrected chi connectivity index (χ0v) is 19.2. The van der Waals surface area contributed by atoms with Crippen molar-refractivity contribution in [1.82, 2.24) is 14.5 Å². The van der Waals surface area contributed by atoms with Gasteiger partial charge in [-0.2, -0.15) is 0 Å². The number of hydrogen-bond donors (Lipinski definition) is 0. The molecule has 31 heavy (non-hydrogen) atoms. The molecule has 2 aromatic carbocycles. The van der Waals surface area contributed by atoms with Crippen molar-refractivity contribution in [1.29, 1.82) is 0 Å². The quantitative estimate of drug-likeness (QED) is 0.542. The molecule has 7 heteroatoms. The second-order valence-corrected chi connectivity index (χ2v) is 8.70. The summed E-state index contributed by atoms with van der Waals surface area (Å²) in [5.74, 6) is 1.89. The smallest absolute Gasteiger partial charge is 0.233 e. The number of nitrogens with zero attached hydrogens (tertiary/aromatic N) is 3. The van der Waals surface area contributed by atoms with Crippen molar-refractivity contribution in [3.63, 3.8) is 0 Å². The number of carbonyl (C=O) groups is 1. The minimum absolute atomic E-state index is 0.111. The largest absolute Gasteiger partial charge is 0.493 e. The number of fused-ring (bicyclic) bond motifs is 1. The Labute approximate surface area is 187 Å². The molecule has 0 fully saturated rings. The molecule has 162 valence electrons. The highest BCUT2D eigenvalue weighted by Gasteiger charge is 2.23. The van der Waals surface area contributed by atoms with Crippen molar-refractivity contribution in [2.24, 2.45) is 0 Å². The van der Waals surface area contributed by atoms with Gasteiger partial charge >= 0.3 is 0 Å². The fraction of sp³-hybridized carbons (Fsp3) is 0.333. The van der Waals surface area contributed by atoms with Crippen LogP contribution in [0.15, 0.2) is 47.9 Å². The molecular weight excluding hydrogens is 410 g/mol. The number of carbonyl (C=O) groups excluding carboxylic acids is 1. The van der Waals surface area contributed by atoms with Crippen LogP contribution in [0.4, 0.5) is 0 Å². The second-order valence-electron chi connectivity index (χ2n) is 7.76. The van der Waals surface area contributed by atoms with Crippen LogP contribution in [-0.2, 0) is 17.8 Å². The number of methoxy groups -OCH3 is 2. The lowest BCUT2D eigenvalue weighted by atomic mass is 9.99. The molecule has 0 saturated carbocycles. The predicted molar refractivity (Wildman–Crippen MR) is 122 cm³/mol. The summed E-state index contributed by atoms with van der Waals surface area (Å²) in [6.07, 6.45) is 4.53. The molecule has 1 aliphatic rings. The Morgan fingerprint density at radius 3 is 2.39 bits per heavy atom. The molecular formula is C24H27N3O3S. The second kappa shape index (κ2) is 9.06. The monoisotopic (exact) mass is 437 g/mol. The number of rotatable bonds is 6. The van der Waals surface area contributed by atoms with Gasteiger partial charge in [-0.05, 0) is 66.8 Å². The molecule has 0 saturated heterocycles. The van der Waals surface area contributed by atoms with E-state index in [2.05, 4.69) is 37.0 Å². The first-order valence-electron chi connectivity index (χ1n) is 10.2. The highest BCUT2D eigenvalue weighted by molar-refractivity contribution is 7.99. The van der Waals surface area contributed by atoms with Crippen molar-refractivity contribution in [2.45, 2.75) is 32.0 Å². The maximum absolute atomic E-state index is 12.9. The Balaban J connectivity index is 1.45. The summed E-state index contributed by atoms with van der Waals surface area (Å²) in [6, 6.07) is 10.4. The van der Waals surface area contributed by atoms with E-state index in [0.717, 1.165) is 28.6 Å². The Bertz CT molecular complexity index is 1090. The van der Waals surface area contributed by atoms with E-state index in [1.54, 1.807) is 20.4 Å². The third-order valence-electron chi connectivity index (χ3n) is 5.49. The van der Waals surface area contributed by atoms with Gasteiger partial charge in [-0.1, -0.05) is 17.8 Å². The lowest BCUT2D eigenvalue weighted by Gasteiger charge is -2.29. The molecule has 1 aliphatic heterocycles. The minimum Gasteiger partial charge on any atom is -0.493 e. The standard InChI is InChI=1S/C24H27N3O3S/c1-16-9-17(2)11-20(10-16)27-8-6-25-24(27)31-15-23(28)26-7-5-18-12-21(29-3)22(30-4)13-19(18)14-26/h6,8-13H,5,7,14-15H2,1-4H3. The molecule has 6 nitrogen and oxygen atoms in total. The Hall–Kier alpha value is -2.93. The van der Waals surface area contributed by atoms with Crippen LogP contribution in [0.1, 0.15) is 22.3 Å². The number of aryl methyl sites for hydroxylation is 2. The zero-order valence-electron chi connectivity index (χ0n) is 18.3. The van der Waals surface area contributed by atoms with Crippen LogP contribution in [0.25, 0.3) is 5.69 Å². The Kier molecular flexibility index (Phi) is 6.23. The van der Waals surface area contributed by atoms with Gasteiger partial charge in [0.25, 0.3) is 0 Å². The molecule has 2 heterocycles. The maximum Gasteiger partial charge on any atom is 0.233 e. The maximum atomic E-state index is 12.9. The van der Waals surface area contributed by atoms with Crippen LogP contribution < -0.4 is 9.47 Å². The van der Waals surface area contributed by atoms with Gasteiger partial charge in [0.1, 0.15) is 0 Å². The van der Waals surface area contributed by atoms with E-state index in [4.69, 9.17) is 9.47 Å². The zero-order chi connectivity index (χ0) is 22.0. The summed E-state index contributed by atoms with van der Waals surface area (Å²) in [5.41, 5.74) is 5.79. The molecule has 3 aromatic rings. The van der Waals surface area contributed by atoms with Crippen LogP contribution >= 0.6 is 11.8 Å². The van der Waals surface area contributed by atoms with Gasteiger partial charge in [0.05, 0.1) is 20.0 Å². The molecule has 0 spiro atoms. The number of benzene rings is 2. The first-order valence-corrected chi connectivity index (χ1v) is 11.2. The van der Waals surface area contributed by atoms with Crippen molar-refractivity contribution in [2.75, 3.05) is 26.5 Å². The van der Waals surface area contributed by atoms with E-state index in [-0.39, 0.29) is 5.91 Å². The van der Waals surface area contributed by atoms with E-state index in [1.165, 1.54) is 28.5 Å².